The zero-order chi connectivity index (χ0) is 12.6. The van der Waals surface area contributed by atoms with E-state index >= 15 is 0 Å². The Labute approximate surface area is 108 Å². The largest absolute Gasteiger partial charge is 0.481 e. The fourth-order valence-electron chi connectivity index (χ4n) is 1.82. The standard InChI is InChI=1S/C13H14BrNO2/c1-13(2,12(16)17)7-8-6-9-10(14)4-3-5-11(9)15-8/h3-6,15H,7H2,1-2H3,(H,16,17). The van der Waals surface area contributed by atoms with Crippen molar-refractivity contribution in [1.29, 1.82) is 0 Å². The Morgan fingerprint density at radius 2 is 2.18 bits per heavy atom. The number of hydrogen-bond acceptors (Lipinski definition) is 1. The molecule has 0 saturated heterocycles. The summed E-state index contributed by atoms with van der Waals surface area (Å²) in [7, 11) is 0. The lowest BCUT2D eigenvalue weighted by Crippen LogP contribution is -2.26. The van der Waals surface area contributed by atoms with Gasteiger partial charge in [0.25, 0.3) is 0 Å². The van der Waals surface area contributed by atoms with Gasteiger partial charge in [0.15, 0.2) is 0 Å². The van der Waals surface area contributed by atoms with Gasteiger partial charge in [0, 0.05) is 27.5 Å². The van der Waals surface area contributed by atoms with Crippen LogP contribution >= 0.6 is 15.9 Å². The van der Waals surface area contributed by atoms with Crippen molar-refractivity contribution in [2.24, 2.45) is 5.41 Å². The molecule has 0 spiro atoms. The summed E-state index contributed by atoms with van der Waals surface area (Å²) >= 11 is 3.48. The van der Waals surface area contributed by atoms with Crippen molar-refractivity contribution in [3.8, 4) is 0 Å². The van der Waals surface area contributed by atoms with Gasteiger partial charge in [-0.2, -0.15) is 0 Å². The average Bonchev–Trinajstić information content (AvgIpc) is 2.60. The van der Waals surface area contributed by atoms with Crippen molar-refractivity contribution in [2.45, 2.75) is 20.3 Å². The van der Waals surface area contributed by atoms with Gasteiger partial charge in [0.1, 0.15) is 0 Å². The van der Waals surface area contributed by atoms with Crippen LogP contribution in [0.25, 0.3) is 10.9 Å². The number of hydrogen-bond donors (Lipinski definition) is 2. The minimum Gasteiger partial charge on any atom is -0.481 e. The number of H-pyrrole nitrogens is 1. The zero-order valence-corrected chi connectivity index (χ0v) is 11.3. The van der Waals surface area contributed by atoms with Gasteiger partial charge in [-0.05, 0) is 32.0 Å². The van der Waals surface area contributed by atoms with Gasteiger partial charge < -0.3 is 10.1 Å². The van der Waals surface area contributed by atoms with Crippen molar-refractivity contribution in [1.82, 2.24) is 4.98 Å². The third-order valence-corrected chi connectivity index (χ3v) is 3.57. The van der Waals surface area contributed by atoms with E-state index in [1.807, 2.05) is 24.3 Å². The quantitative estimate of drug-likeness (QED) is 0.909. The molecule has 0 unspecified atom stereocenters. The molecule has 2 aromatic rings. The molecule has 4 heteroatoms. The summed E-state index contributed by atoms with van der Waals surface area (Å²) in [6, 6.07) is 7.92. The van der Waals surface area contributed by atoms with E-state index in [4.69, 9.17) is 5.11 Å². The highest BCUT2D eigenvalue weighted by atomic mass is 79.9. The molecule has 1 heterocycles. The zero-order valence-electron chi connectivity index (χ0n) is 9.75. The fraction of sp³-hybridized carbons (Fsp3) is 0.308. The number of carboxylic acid groups (broad SMARTS) is 1. The molecule has 0 amide bonds. The molecule has 0 bridgehead atoms. The van der Waals surface area contributed by atoms with Crippen LogP contribution in [0.5, 0.6) is 0 Å². The number of aliphatic carboxylic acids is 1. The molecule has 0 atom stereocenters. The first kappa shape index (κ1) is 12.2. The number of aromatic nitrogens is 1. The minimum absolute atomic E-state index is 0.490. The van der Waals surface area contributed by atoms with Crippen LogP contribution in [0.3, 0.4) is 0 Å². The summed E-state index contributed by atoms with van der Waals surface area (Å²) in [4.78, 5) is 14.3. The number of carbonyl (C=O) groups is 1. The molecule has 90 valence electrons. The van der Waals surface area contributed by atoms with Crippen molar-refractivity contribution in [3.63, 3.8) is 0 Å². The van der Waals surface area contributed by atoms with E-state index in [2.05, 4.69) is 20.9 Å². The Kier molecular flexibility index (Phi) is 3.00. The van der Waals surface area contributed by atoms with Crippen molar-refractivity contribution in [3.05, 3.63) is 34.4 Å². The molecule has 2 N–H and O–H groups in total. The van der Waals surface area contributed by atoms with E-state index < -0.39 is 11.4 Å². The molecule has 0 saturated carbocycles. The van der Waals surface area contributed by atoms with Crippen LogP contribution in [0.2, 0.25) is 0 Å². The second-order valence-electron chi connectivity index (χ2n) is 4.86. The van der Waals surface area contributed by atoms with Crippen molar-refractivity contribution in [2.75, 3.05) is 0 Å². The number of fused-ring (bicyclic) bond motifs is 1. The highest BCUT2D eigenvalue weighted by molar-refractivity contribution is 9.10. The van der Waals surface area contributed by atoms with Gasteiger partial charge in [0.05, 0.1) is 5.41 Å². The summed E-state index contributed by atoms with van der Waals surface area (Å²) in [5.41, 5.74) is 1.21. The topological polar surface area (TPSA) is 53.1 Å². The highest BCUT2D eigenvalue weighted by Gasteiger charge is 2.28. The number of rotatable bonds is 3. The fourth-order valence-corrected chi connectivity index (χ4v) is 2.30. The predicted molar refractivity (Wildman–Crippen MR) is 71.1 cm³/mol. The molecule has 0 aliphatic carbocycles. The molecule has 0 radical (unpaired) electrons. The van der Waals surface area contributed by atoms with Crippen LogP contribution in [0.4, 0.5) is 0 Å². The van der Waals surface area contributed by atoms with Crippen LogP contribution in [0.15, 0.2) is 28.7 Å². The Morgan fingerprint density at radius 1 is 1.47 bits per heavy atom. The number of nitrogens with one attached hydrogen (secondary N) is 1. The first-order chi connectivity index (χ1) is 7.90. The normalized spacial score (nSPS) is 11.9. The SMILES string of the molecule is CC(C)(Cc1cc2c(Br)cccc2[nH]1)C(=O)O. The summed E-state index contributed by atoms with van der Waals surface area (Å²) in [6.07, 6.45) is 0.490. The third-order valence-electron chi connectivity index (χ3n) is 2.88. The Bertz CT molecular complexity index is 572. The Hall–Kier alpha value is -1.29. The van der Waals surface area contributed by atoms with Crippen LogP contribution in [0.1, 0.15) is 19.5 Å². The first-order valence-corrected chi connectivity index (χ1v) is 6.19. The van der Waals surface area contributed by atoms with Gasteiger partial charge in [-0.25, -0.2) is 0 Å². The van der Waals surface area contributed by atoms with E-state index in [1.165, 1.54) is 0 Å². The highest BCUT2D eigenvalue weighted by Crippen LogP contribution is 2.28. The predicted octanol–water partition coefficient (Wildman–Crippen LogP) is 3.58. The summed E-state index contributed by atoms with van der Waals surface area (Å²) in [6.45, 7) is 3.46. The maximum atomic E-state index is 11.1. The average molecular weight is 296 g/mol. The first-order valence-electron chi connectivity index (χ1n) is 5.40. The molecule has 0 aliphatic rings. The maximum Gasteiger partial charge on any atom is 0.309 e. The molecule has 0 aliphatic heterocycles. The number of aromatic amines is 1. The lowest BCUT2D eigenvalue weighted by Gasteiger charge is -2.17. The molecular weight excluding hydrogens is 282 g/mol. The molecule has 3 nitrogen and oxygen atoms in total. The number of benzene rings is 1. The monoisotopic (exact) mass is 295 g/mol. The van der Waals surface area contributed by atoms with E-state index in [0.717, 1.165) is 21.1 Å². The van der Waals surface area contributed by atoms with Gasteiger partial charge in [0.2, 0.25) is 0 Å². The number of carboxylic acids is 1. The molecule has 1 aromatic carbocycles. The van der Waals surface area contributed by atoms with Crippen LogP contribution < -0.4 is 0 Å². The van der Waals surface area contributed by atoms with Crippen LogP contribution in [-0.4, -0.2) is 16.1 Å². The second kappa shape index (κ2) is 4.18. The van der Waals surface area contributed by atoms with E-state index in [0.29, 0.717) is 6.42 Å². The molecule has 0 fully saturated rings. The van der Waals surface area contributed by atoms with Gasteiger partial charge in [-0.1, -0.05) is 22.0 Å². The molecular formula is C13H14BrNO2. The lowest BCUT2D eigenvalue weighted by atomic mass is 9.88. The molecule has 17 heavy (non-hydrogen) atoms. The van der Waals surface area contributed by atoms with E-state index in [9.17, 15) is 4.79 Å². The molecule has 1 aromatic heterocycles. The molecule has 2 rings (SSSR count). The Morgan fingerprint density at radius 3 is 2.76 bits per heavy atom. The van der Waals surface area contributed by atoms with E-state index in [-0.39, 0.29) is 0 Å². The summed E-state index contributed by atoms with van der Waals surface area (Å²) in [5.74, 6) is -0.782. The maximum absolute atomic E-state index is 11.1. The van der Waals surface area contributed by atoms with Gasteiger partial charge in [-0.3, -0.25) is 4.79 Å². The van der Waals surface area contributed by atoms with Gasteiger partial charge in [-0.15, -0.1) is 0 Å². The smallest absolute Gasteiger partial charge is 0.309 e. The summed E-state index contributed by atoms with van der Waals surface area (Å²) < 4.78 is 1.02. The third kappa shape index (κ3) is 2.36. The van der Waals surface area contributed by atoms with Crippen LogP contribution in [-0.2, 0) is 11.2 Å². The number of halogens is 1. The lowest BCUT2D eigenvalue weighted by molar-refractivity contribution is -0.146. The second-order valence-corrected chi connectivity index (χ2v) is 5.72. The minimum atomic E-state index is -0.782. The Balaban J connectivity index is 2.38. The van der Waals surface area contributed by atoms with Crippen molar-refractivity contribution >= 4 is 32.8 Å². The summed E-state index contributed by atoms with van der Waals surface area (Å²) in [5, 5.41) is 10.2. The van der Waals surface area contributed by atoms with Gasteiger partial charge >= 0.3 is 5.97 Å². The van der Waals surface area contributed by atoms with Crippen molar-refractivity contribution < 1.29 is 9.90 Å². The van der Waals surface area contributed by atoms with Crippen LogP contribution in [0, 0.1) is 5.41 Å². The van der Waals surface area contributed by atoms with E-state index in [1.54, 1.807) is 13.8 Å².